The average Bonchev–Trinajstić information content (AvgIpc) is 3.22. The molecule has 2 heterocycles. The number of halogens is 1. The first-order chi connectivity index (χ1) is 12.4. The van der Waals surface area contributed by atoms with Gasteiger partial charge in [-0.3, -0.25) is 9.69 Å². The summed E-state index contributed by atoms with van der Waals surface area (Å²) < 4.78 is 15.9. The van der Waals surface area contributed by atoms with Crippen LogP contribution in [-0.4, -0.2) is 48.3 Å². The number of carbonyl (C=O) groups excluding carboxylic acids is 1. The van der Waals surface area contributed by atoms with Crippen LogP contribution in [-0.2, 0) is 11.3 Å². The topological polar surface area (TPSA) is 104 Å². The molecule has 2 atom stereocenters. The van der Waals surface area contributed by atoms with E-state index in [0.29, 0.717) is 47.9 Å². The summed E-state index contributed by atoms with van der Waals surface area (Å²) in [6, 6.07) is 3.69. The average molecular weight is 381 g/mol. The van der Waals surface area contributed by atoms with Crippen LogP contribution in [0.3, 0.4) is 0 Å². The van der Waals surface area contributed by atoms with E-state index in [1.807, 2.05) is 6.07 Å². The van der Waals surface area contributed by atoms with Crippen molar-refractivity contribution < 1.29 is 18.8 Å². The quantitative estimate of drug-likeness (QED) is 0.814. The predicted molar refractivity (Wildman–Crippen MR) is 94.3 cm³/mol. The van der Waals surface area contributed by atoms with Gasteiger partial charge in [0.1, 0.15) is 0 Å². The monoisotopic (exact) mass is 380 g/mol. The standard InChI is InChI=1S/C17H21ClN4O4/c1-9-20-17(26-21-9)12-8-22(7-11(12)16(19)23)6-10-4-5-13(24-2)15(25-3)14(10)18/h4-5,11-12H,6-8H2,1-3H3,(H2,19,23)/t11-,12-/m1/s1. The van der Waals surface area contributed by atoms with Crippen molar-refractivity contribution in [3.05, 3.63) is 34.4 Å². The van der Waals surface area contributed by atoms with Gasteiger partial charge in [-0.1, -0.05) is 22.8 Å². The molecule has 2 N–H and O–H groups in total. The van der Waals surface area contributed by atoms with Gasteiger partial charge in [0.2, 0.25) is 11.8 Å². The van der Waals surface area contributed by atoms with Gasteiger partial charge in [0.25, 0.3) is 0 Å². The second kappa shape index (κ2) is 7.51. The molecule has 9 heteroatoms. The molecule has 0 unspecified atom stereocenters. The number of aryl methyl sites for hydroxylation is 1. The number of ether oxygens (including phenoxy) is 2. The number of primary amides is 1. The zero-order chi connectivity index (χ0) is 18.8. The Balaban J connectivity index is 1.82. The number of aromatic nitrogens is 2. The second-order valence-corrected chi connectivity index (χ2v) is 6.64. The second-order valence-electron chi connectivity index (χ2n) is 6.26. The zero-order valence-corrected chi connectivity index (χ0v) is 15.6. The summed E-state index contributed by atoms with van der Waals surface area (Å²) in [6.45, 7) is 3.33. The molecule has 0 radical (unpaired) electrons. The molecular formula is C17H21ClN4O4. The summed E-state index contributed by atoms with van der Waals surface area (Å²) in [4.78, 5) is 18.2. The molecule has 1 amide bonds. The van der Waals surface area contributed by atoms with Gasteiger partial charge in [-0.2, -0.15) is 4.98 Å². The van der Waals surface area contributed by atoms with Crippen molar-refractivity contribution in [2.45, 2.75) is 19.4 Å². The molecule has 1 fully saturated rings. The van der Waals surface area contributed by atoms with E-state index >= 15 is 0 Å². The number of benzene rings is 1. The normalized spacial score (nSPS) is 20.3. The lowest BCUT2D eigenvalue weighted by Crippen LogP contribution is -2.29. The SMILES string of the molecule is COc1ccc(CN2C[C@@H](C(N)=O)[C@H](c3nc(C)no3)C2)c(Cl)c1OC. The van der Waals surface area contributed by atoms with Crippen LogP contribution in [0.15, 0.2) is 16.7 Å². The summed E-state index contributed by atoms with van der Waals surface area (Å²) >= 11 is 6.46. The minimum Gasteiger partial charge on any atom is -0.493 e. The zero-order valence-electron chi connectivity index (χ0n) is 14.9. The number of nitrogens with zero attached hydrogens (tertiary/aromatic N) is 3. The maximum atomic E-state index is 11.9. The Morgan fingerprint density at radius 3 is 2.73 bits per heavy atom. The first-order valence-electron chi connectivity index (χ1n) is 8.15. The Morgan fingerprint density at radius 2 is 2.15 bits per heavy atom. The van der Waals surface area contributed by atoms with Gasteiger partial charge in [-0.05, 0) is 18.6 Å². The van der Waals surface area contributed by atoms with E-state index in [0.717, 1.165) is 5.56 Å². The molecule has 140 valence electrons. The molecule has 1 aliphatic heterocycles. The maximum Gasteiger partial charge on any atom is 0.231 e. The van der Waals surface area contributed by atoms with E-state index in [9.17, 15) is 4.79 Å². The summed E-state index contributed by atoms with van der Waals surface area (Å²) in [7, 11) is 3.10. The van der Waals surface area contributed by atoms with Crippen molar-refractivity contribution in [1.29, 1.82) is 0 Å². The Morgan fingerprint density at radius 1 is 1.38 bits per heavy atom. The Kier molecular flexibility index (Phi) is 5.33. The number of methoxy groups -OCH3 is 2. The molecule has 8 nitrogen and oxygen atoms in total. The number of rotatable bonds is 6. The fourth-order valence-electron chi connectivity index (χ4n) is 3.31. The van der Waals surface area contributed by atoms with Gasteiger partial charge in [0.05, 0.1) is 31.1 Å². The number of likely N-dealkylation sites (tertiary alicyclic amines) is 1. The van der Waals surface area contributed by atoms with Crippen LogP contribution in [0, 0.1) is 12.8 Å². The Labute approximate surface area is 156 Å². The first-order valence-corrected chi connectivity index (χ1v) is 8.53. The van der Waals surface area contributed by atoms with Gasteiger partial charge in [-0.15, -0.1) is 0 Å². The summed E-state index contributed by atoms with van der Waals surface area (Å²) in [5.74, 6) is 1.02. The highest BCUT2D eigenvalue weighted by molar-refractivity contribution is 6.33. The molecule has 1 aliphatic rings. The molecule has 0 spiro atoms. The van der Waals surface area contributed by atoms with E-state index in [-0.39, 0.29) is 11.8 Å². The van der Waals surface area contributed by atoms with Crippen LogP contribution in [0.2, 0.25) is 5.02 Å². The van der Waals surface area contributed by atoms with Crippen LogP contribution in [0.4, 0.5) is 0 Å². The van der Waals surface area contributed by atoms with Crippen molar-refractivity contribution in [1.82, 2.24) is 15.0 Å². The third-order valence-corrected chi connectivity index (χ3v) is 4.99. The lowest BCUT2D eigenvalue weighted by molar-refractivity contribution is -0.121. The van der Waals surface area contributed by atoms with Crippen LogP contribution in [0.25, 0.3) is 0 Å². The fraction of sp³-hybridized carbons (Fsp3) is 0.471. The van der Waals surface area contributed by atoms with Crippen LogP contribution in [0.1, 0.15) is 23.2 Å². The van der Waals surface area contributed by atoms with Crippen molar-refractivity contribution in [3.63, 3.8) is 0 Å². The third-order valence-electron chi connectivity index (χ3n) is 4.58. The molecule has 1 aromatic carbocycles. The van der Waals surface area contributed by atoms with Crippen molar-refractivity contribution in [3.8, 4) is 11.5 Å². The molecule has 3 rings (SSSR count). The summed E-state index contributed by atoms with van der Waals surface area (Å²) in [5.41, 5.74) is 6.45. The van der Waals surface area contributed by atoms with Crippen LogP contribution >= 0.6 is 11.6 Å². The van der Waals surface area contributed by atoms with Crippen LogP contribution in [0.5, 0.6) is 11.5 Å². The largest absolute Gasteiger partial charge is 0.493 e. The molecular weight excluding hydrogens is 360 g/mol. The fourth-order valence-corrected chi connectivity index (χ4v) is 3.60. The van der Waals surface area contributed by atoms with Crippen molar-refractivity contribution in [2.24, 2.45) is 11.7 Å². The molecule has 0 saturated carbocycles. The molecule has 1 aromatic heterocycles. The minimum atomic E-state index is -0.395. The van der Waals surface area contributed by atoms with E-state index in [4.69, 9.17) is 31.3 Å². The highest BCUT2D eigenvalue weighted by Gasteiger charge is 2.40. The predicted octanol–water partition coefficient (Wildman–Crippen LogP) is 1.75. The highest BCUT2D eigenvalue weighted by atomic mass is 35.5. The number of carbonyl (C=O) groups is 1. The maximum absolute atomic E-state index is 11.9. The van der Waals surface area contributed by atoms with E-state index in [1.54, 1.807) is 27.2 Å². The molecule has 26 heavy (non-hydrogen) atoms. The molecule has 0 bridgehead atoms. The van der Waals surface area contributed by atoms with E-state index in [1.165, 1.54) is 0 Å². The van der Waals surface area contributed by atoms with Gasteiger partial charge >= 0.3 is 0 Å². The Hall–Kier alpha value is -2.32. The van der Waals surface area contributed by atoms with Gasteiger partial charge in [-0.25, -0.2) is 0 Å². The summed E-state index contributed by atoms with van der Waals surface area (Å²) in [5, 5.41) is 4.30. The molecule has 0 aliphatic carbocycles. The van der Waals surface area contributed by atoms with Gasteiger partial charge in [0.15, 0.2) is 17.3 Å². The van der Waals surface area contributed by atoms with E-state index < -0.39 is 5.92 Å². The smallest absolute Gasteiger partial charge is 0.231 e. The Bertz CT molecular complexity index is 810. The van der Waals surface area contributed by atoms with Gasteiger partial charge < -0.3 is 19.7 Å². The lowest BCUT2D eigenvalue weighted by Gasteiger charge is -2.18. The molecule has 2 aromatic rings. The highest BCUT2D eigenvalue weighted by Crippen LogP contribution is 2.39. The number of hydrogen-bond donors (Lipinski definition) is 1. The van der Waals surface area contributed by atoms with Crippen LogP contribution < -0.4 is 15.2 Å². The number of hydrogen-bond acceptors (Lipinski definition) is 7. The lowest BCUT2D eigenvalue weighted by atomic mass is 9.95. The minimum absolute atomic E-state index is 0.229. The molecule has 1 saturated heterocycles. The number of amides is 1. The first kappa shape index (κ1) is 18.5. The third kappa shape index (κ3) is 3.47. The summed E-state index contributed by atoms with van der Waals surface area (Å²) in [6.07, 6.45) is 0. The van der Waals surface area contributed by atoms with E-state index in [2.05, 4.69) is 15.0 Å². The van der Waals surface area contributed by atoms with Gasteiger partial charge in [0, 0.05) is 19.6 Å². The van der Waals surface area contributed by atoms with Crippen molar-refractivity contribution >= 4 is 17.5 Å². The van der Waals surface area contributed by atoms with Crippen molar-refractivity contribution in [2.75, 3.05) is 27.3 Å². The number of nitrogens with two attached hydrogens (primary N) is 1.